The Morgan fingerprint density at radius 1 is 1.33 bits per heavy atom. The molecule has 1 N–H and O–H groups in total. The van der Waals surface area contributed by atoms with Gasteiger partial charge in [0, 0.05) is 6.54 Å². The largest absolute Gasteiger partial charge is 0.493 e. The van der Waals surface area contributed by atoms with Crippen molar-refractivity contribution in [1.82, 2.24) is 9.78 Å². The van der Waals surface area contributed by atoms with Crippen molar-refractivity contribution in [3.8, 4) is 5.75 Å². The zero-order valence-electron chi connectivity index (χ0n) is 13.8. The highest BCUT2D eigenvalue weighted by Crippen LogP contribution is 2.42. The number of hydrogen-bond acceptors (Lipinski definition) is 3. The zero-order chi connectivity index (χ0) is 15.3. The van der Waals surface area contributed by atoms with Crippen molar-refractivity contribution in [2.45, 2.75) is 77.4 Å². The Morgan fingerprint density at radius 3 is 2.81 bits per heavy atom. The Balaban J connectivity index is 2.24. The molecule has 0 saturated heterocycles. The Morgan fingerprint density at radius 2 is 2.14 bits per heavy atom. The monoisotopic (exact) mass is 294 g/mol. The molecule has 1 aliphatic carbocycles. The molecule has 0 amide bonds. The summed E-state index contributed by atoms with van der Waals surface area (Å²) in [5.74, 6) is 1.50. The second-order valence-electron chi connectivity index (χ2n) is 6.40. The van der Waals surface area contributed by atoms with Gasteiger partial charge in [-0.2, -0.15) is 5.10 Å². The number of hydrogen-bond donors (Lipinski definition) is 1. The molecule has 2 rings (SSSR count). The summed E-state index contributed by atoms with van der Waals surface area (Å²) >= 11 is 0. The van der Waals surface area contributed by atoms with Gasteiger partial charge in [-0.05, 0) is 38.0 Å². The van der Waals surface area contributed by atoms with Crippen molar-refractivity contribution in [2.24, 2.45) is 5.92 Å². The van der Waals surface area contributed by atoms with E-state index in [9.17, 15) is 5.11 Å². The molecular weight excluding hydrogens is 264 g/mol. The average Bonchev–Trinajstić information content (AvgIpc) is 2.79. The lowest BCUT2D eigenvalue weighted by Gasteiger charge is -2.28. The fraction of sp³-hybridized carbons (Fsp3) is 0.824. The summed E-state index contributed by atoms with van der Waals surface area (Å²) in [5, 5.41) is 15.7. The van der Waals surface area contributed by atoms with E-state index in [0.717, 1.165) is 56.0 Å². The molecule has 1 saturated carbocycles. The van der Waals surface area contributed by atoms with Crippen LogP contribution in [0, 0.1) is 5.92 Å². The lowest BCUT2D eigenvalue weighted by molar-refractivity contribution is 0.00845. The van der Waals surface area contributed by atoms with E-state index >= 15 is 0 Å². The van der Waals surface area contributed by atoms with Gasteiger partial charge in [0.15, 0.2) is 5.75 Å². The van der Waals surface area contributed by atoms with Crippen molar-refractivity contribution in [2.75, 3.05) is 7.11 Å². The molecular formula is C17H30N2O2. The van der Waals surface area contributed by atoms with E-state index in [1.54, 1.807) is 13.3 Å². The van der Waals surface area contributed by atoms with Crippen LogP contribution in [0.2, 0.25) is 0 Å². The summed E-state index contributed by atoms with van der Waals surface area (Å²) in [4.78, 5) is 0. The van der Waals surface area contributed by atoms with E-state index in [1.807, 2.05) is 4.68 Å². The summed E-state index contributed by atoms with van der Waals surface area (Å²) in [6, 6.07) is 0. The van der Waals surface area contributed by atoms with Gasteiger partial charge in [-0.3, -0.25) is 4.68 Å². The molecule has 0 spiro atoms. The van der Waals surface area contributed by atoms with Gasteiger partial charge < -0.3 is 9.84 Å². The standard InChI is InChI=1S/C17H30N2O2/c1-4-7-14-8-6-10-17(20,11-9-14)16-15(21-3)13-18-19(16)12-5-2/h13-14,20H,4-12H2,1-3H3. The van der Waals surface area contributed by atoms with Crippen molar-refractivity contribution in [1.29, 1.82) is 0 Å². The van der Waals surface area contributed by atoms with E-state index in [4.69, 9.17) is 4.74 Å². The molecule has 120 valence electrons. The molecule has 2 unspecified atom stereocenters. The molecule has 1 aromatic heterocycles. The molecule has 1 aliphatic rings. The van der Waals surface area contributed by atoms with Gasteiger partial charge >= 0.3 is 0 Å². The minimum atomic E-state index is -0.778. The van der Waals surface area contributed by atoms with Gasteiger partial charge in [0.1, 0.15) is 11.3 Å². The smallest absolute Gasteiger partial charge is 0.162 e. The molecule has 1 fully saturated rings. The van der Waals surface area contributed by atoms with Crippen molar-refractivity contribution in [3.63, 3.8) is 0 Å². The third-order valence-corrected chi connectivity index (χ3v) is 4.77. The summed E-state index contributed by atoms with van der Waals surface area (Å²) < 4.78 is 7.41. The van der Waals surface area contributed by atoms with E-state index in [2.05, 4.69) is 18.9 Å². The molecule has 0 aliphatic heterocycles. The Labute approximate surface area is 128 Å². The highest BCUT2D eigenvalue weighted by Gasteiger charge is 2.38. The molecule has 4 nitrogen and oxygen atoms in total. The van der Waals surface area contributed by atoms with Crippen molar-refractivity contribution >= 4 is 0 Å². The van der Waals surface area contributed by atoms with Crippen molar-refractivity contribution < 1.29 is 9.84 Å². The first-order valence-electron chi connectivity index (χ1n) is 8.47. The minimum Gasteiger partial charge on any atom is -0.493 e. The molecule has 1 heterocycles. The first-order valence-corrected chi connectivity index (χ1v) is 8.47. The molecule has 1 aromatic rings. The fourth-order valence-electron chi connectivity index (χ4n) is 3.70. The molecule has 4 heteroatoms. The van der Waals surface area contributed by atoms with Gasteiger partial charge in [-0.1, -0.05) is 33.1 Å². The average molecular weight is 294 g/mol. The lowest BCUT2D eigenvalue weighted by atomic mass is 9.89. The van der Waals surface area contributed by atoms with Gasteiger partial charge in [0.05, 0.1) is 13.3 Å². The summed E-state index contributed by atoms with van der Waals surface area (Å²) in [6.07, 6.45) is 10.3. The number of rotatable bonds is 6. The van der Waals surface area contributed by atoms with Crippen LogP contribution < -0.4 is 4.74 Å². The number of ether oxygens (including phenoxy) is 1. The van der Waals surface area contributed by atoms with Crippen molar-refractivity contribution in [3.05, 3.63) is 11.9 Å². The Hall–Kier alpha value is -1.03. The predicted molar refractivity (Wildman–Crippen MR) is 84.4 cm³/mol. The molecule has 2 atom stereocenters. The first kappa shape index (κ1) is 16.3. The number of aromatic nitrogens is 2. The summed E-state index contributed by atoms with van der Waals surface area (Å²) in [6.45, 7) is 5.21. The maximum atomic E-state index is 11.3. The van der Waals surface area contributed by atoms with Crippen LogP contribution in [-0.4, -0.2) is 22.0 Å². The number of aryl methyl sites for hydroxylation is 1. The van der Waals surface area contributed by atoms with Crippen LogP contribution in [0.15, 0.2) is 6.20 Å². The fourth-order valence-corrected chi connectivity index (χ4v) is 3.70. The van der Waals surface area contributed by atoms with Gasteiger partial charge in [-0.25, -0.2) is 0 Å². The number of nitrogens with zero attached hydrogens (tertiary/aromatic N) is 2. The van der Waals surface area contributed by atoms with E-state index in [1.165, 1.54) is 19.3 Å². The summed E-state index contributed by atoms with van der Waals surface area (Å²) in [7, 11) is 1.66. The molecule has 0 aromatic carbocycles. The zero-order valence-corrected chi connectivity index (χ0v) is 13.8. The molecule has 0 radical (unpaired) electrons. The van der Waals surface area contributed by atoms with Crippen LogP contribution in [0.25, 0.3) is 0 Å². The highest BCUT2D eigenvalue weighted by molar-refractivity contribution is 5.31. The Bertz CT molecular complexity index is 444. The minimum absolute atomic E-state index is 0.736. The van der Waals surface area contributed by atoms with E-state index in [-0.39, 0.29) is 0 Å². The van der Waals surface area contributed by atoms with E-state index < -0.39 is 5.60 Å². The Kier molecular flexibility index (Phi) is 5.68. The van der Waals surface area contributed by atoms with Crippen LogP contribution in [0.3, 0.4) is 0 Å². The summed E-state index contributed by atoms with van der Waals surface area (Å²) in [5.41, 5.74) is 0.114. The van der Waals surface area contributed by atoms with Crippen LogP contribution >= 0.6 is 0 Å². The van der Waals surface area contributed by atoms with E-state index in [0.29, 0.717) is 0 Å². The van der Waals surface area contributed by atoms with Crippen LogP contribution in [0.5, 0.6) is 5.75 Å². The lowest BCUT2D eigenvalue weighted by Crippen LogP contribution is -2.29. The maximum Gasteiger partial charge on any atom is 0.162 e. The quantitative estimate of drug-likeness (QED) is 0.810. The van der Waals surface area contributed by atoms with Crippen LogP contribution in [-0.2, 0) is 12.1 Å². The second-order valence-corrected chi connectivity index (χ2v) is 6.40. The molecule has 0 bridgehead atoms. The normalized spacial score (nSPS) is 26.6. The molecule has 21 heavy (non-hydrogen) atoms. The second kappa shape index (κ2) is 7.30. The maximum absolute atomic E-state index is 11.3. The van der Waals surface area contributed by atoms with Crippen LogP contribution in [0.4, 0.5) is 0 Å². The highest BCUT2D eigenvalue weighted by atomic mass is 16.5. The van der Waals surface area contributed by atoms with Gasteiger partial charge in [0.2, 0.25) is 0 Å². The van der Waals surface area contributed by atoms with Crippen LogP contribution in [0.1, 0.15) is 70.9 Å². The predicted octanol–water partition coefficient (Wildman–Crippen LogP) is 3.87. The van der Waals surface area contributed by atoms with Gasteiger partial charge in [0.25, 0.3) is 0 Å². The third-order valence-electron chi connectivity index (χ3n) is 4.77. The number of methoxy groups -OCH3 is 1. The topological polar surface area (TPSA) is 47.3 Å². The number of aliphatic hydroxyl groups is 1. The SMILES string of the molecule is CCCC1CCCC(O)(c2c(OC)cnn2CCC)CC1. The first-order chi connectivity index (χ1) is 10.1. The third kappa shape index (κ3) is 3.60. The van der Waals surface area contributed by atoms with Gasteiger partial charge in [-0.15, -0.1) is 0 Å².